The summed E-state index contributed by atoms with van der Waals surface area (Å²) < 4.78 is 5.57. The standard InChI is InChI=1S/C25H26ClN3O2/c1-15(2)29-21-8-6-17(10-20(21)16(3)13-25(29,4)5)14-27-28-24(30)23-12-18-11-19(26)7-9-22(18)31-23/h6-15H,1-5H3,(H,28,30)/b27-14+. The van der Waals surface area contributed by atoms with Gasteiger partial charge in [0.15, 0.2) is 5.76 Å². The first-order valence-electron chi connectivity index (χ1n) is 10.3. The Labute approximate surface area is 187 Å². The highest BCUT2D eigenvalue weighted by Crippen LogP contribution is 2.40. The maximum Gasteiger partial charge on any atom is 0.307 e. The summed E-state index contributed by atoms with van der Waals surface area (Å²) in [6.45, 7) is 11.0. The molecule has 1 aliphatic heterocycles. The van der Waals surface area contributed by atoms with Gasteiger partial charge in [0.1, 0.15) is 5.58 Å². The molecule has 31 heavy (non-hydrogen) atoms. The predicted octanol–water partition coefficient (Wildman–Crippen LogP) is 6.26. The minimum Gasteiger partial charge on any atom is -0.451 e. The van der Waals surface area contributed by atoms with Crippen molar-refractivity contribution >= 4 is 46.0 Å². The van der Waals surface area contributed by atoms with Gasteiger partial charge in [0.25, 0.3) is 0 Å². The molecule has 0 bridgehead atoms. The molecule has 0 aliphatic carbocycles. The Bertz CT molecular complexity index is 1220. The highest BCUT2D eigenvalue weighted by molar-refractivity contribution is 6.31. The molecule has 0 spiro atoms. The molecule has 1 aromatic heterocycles. The average Bonchev–Trinajstić information content (AvgIpc) is 3.10. The number of halogens is 1. The second-order valence-corrected chi connectivity index (χ2v) is 9.15. The normalized spacial score (nSPS) is 15.5. The maximum absolute atomic E-state index is 12.4. The van der Waals surface area contributed by atoms with E-state index in [0.717, 1.165) is 10.9 Å². The van der Waals surface area contributed by atoms with E-state index in [9.17, 15) is 4.79 Å². The fourth-order valence-electron chi connectivity index (χ4n) is 4.44. The van der Waals surface area contributed by atoms with E-state index in [1.165, 1.54) is 16.8 Å². The van der Waals surface area contributed by atoms with Crippen LogP contribution in [0.5, 0.6) is 0 Å². The van der Waals surface area contributed by atoms with Crippen molar-refractivity contribution in [2.75, 3.05) is 4.90 Å². The molecule has 2 aromatic carbocycles. The van der Waals surface area contributed by atoms with Gasteiger partial charge in [-0.3, -0.25) is 4.79 Å². The van der Waals surface area contributed by atoms with Crippen LogP contribution in [0.4, 0.5) is 5.69 Å². The second kappa shape index (κ2) is 7.89. The lowest BCUT2D eigenvalue weighted by Crippen LogP contribution is -2.49. The molecule has 1 aliphatic rings. The molecule has 5 nitrogen and oxygen atoms in total. The minimum absolute atomic E-state index is 0.0500. The van der Waals surface area contributed by atoms with Crippen LogP contribution in [0.15, 0.2) is 58.1 Å². The van der Waals surface area contributed by atoms with Crippen molar-refractivity contribution in [3.63, 3.8) is 0 Å². The van der Waals surface area contributed by atoms with Crippen LogP contribution in [0.3, 0.4) is 0 Å². The van der Waals surface area contributed by atoms with Gasteiger partial charge in [0.05, 0.1) is 11.8 Å². The maximum atomic E-state index is 12.4. The van der Waals surface area contributed by atoms with Crippen molar-refractivity contribution in [1.82, 2.24) is 5.43 Å². The van der Waals surface area contributed by atoms with Crippen LogP contribution in [0.2, 0.25) is 5.02 Å². The third-order valence-corrected chi connectivity index (χ3v) is 5.73. The Morgan fingerprint density at radius 1 is 1.19 bits per heavy atom. The number of amides is 1. The van der Waals surface area contributed by atoms with Gasteiger partial charge in [-0.1, -0.05) is 23.7 Å². The van der Waals surface area contributed by atoms with Crippen LogP contribution < -0.4 is 10.3 Å². The monoisotopic (exact) mass is 435 g/mol. The van der Waals surface area contributed by atoms with E-state index in [0.29, 0.717) is 16.6 Å². The fourth-order valence-corrected chi connectivity index (χ4v) is 4.62. The summed E-state index contributed by atoms with van der Waals surface area (Å²) in [6.07, 6.45) is 3.94. The van der Waals surface area contributed by atoms with Gasteiger partial charge in [0.2, 0.25) is 0 Å². The largest absolute Gasteiger partial charge is 0.451 e. The Balaban J connectivity index is 1.53. The van der Waals surface area contributed by atoms with Gasteiger partial charge in [-0.25, -0.2) is 5.43 Å². The second-order valence-electron chi connectivity index (χ2n) is 8.71. The Morgan fingerprint density at radius 3 is 2.71 bits per heavy atom. The number of hydrogen-bond acceptors (Lipinski definition) is 4. The number of furan rings is 1. The van der Waals surface area contributed by atoms with Crippen molar-refractivity contribution in [1.29, 1.82) is 0 Å². The quantitative estimate of drug-likeness (QED) is 0.388. The number of anilines is 1. The number of carbonyl (C=O) groups excluding carboxylic acids is 1. The van der Waals surface area contributed by atoms with Gasteiger partial charge in [-0.15, -0.1) is 0 Å². The SMILES string of the molecule is CC1=CC(C)(C)N(C(C)C)c2ccc(/C=N/NC(=O)c3cc4cc(Cl)ccc4o3)cc21. The van der Waals surface area contributed by atoms with Gasteiger partial charge in [-0.05, 0) is 82.2 Å². The zero-order valence-electron chi connectivity index (χ0n) is 18.4. The summed E-state index contributed by atoms with van der Waals surface area (Å²) in [5.41, 5.74) is 7.62. The molecule has 4 rings (SSSR count). The van der Waals surface area contributed by atoms with Crippen molar-refractivity contribution in [3.8, 4) is 0 Å². The summed E-state index contributed by atoms with van der Waals surface area (Å²) in [5, 5.41) is 5.49. The zero-order chi connectivity index (χ0) is 22.3. The third-order valence-electron chi connectivity index (χ3n) is 5.49. The number of benzene rings is 2. The molecule has 160 valence electrons. The fraction of sp³-hybridized carbons (Fsp3) is 0.280. The van der Waals surface area contributed by atoms with Gasteiger partial charge < -0.3 is 9.32 Å². The van der Waals surface area contributed by atoms with E-state index in [2.05, 4.69) is 68.3 Å². The molecule has 1 N–H and O–H groups in total. The van der Waals surface area contributed by atoms with Crippen LogP contribution in [0.25, 0.3) is 16.5 Å². The first-order valence-corrected chi connectivity index (χ1v) is 10.7. The number of carbonyl (C=O) groups is 1. The number of hydrazone groups is 1. The van der Waals surface area contributed by atoms with Crippen LogP contribution in [0.1, 0.15) is 56.3 Å². The molecule has 0 fully saturated rings. The number of allylic oxidation sites excluding steroid dienone is 1. The van der Waals surface area contributed by atoms with Crippen LogP contribution in [-0.2, 0) is 0 Å². The molecule has 2 heterocycles. The molecule has 0 atom stereocenters. The number of fused-ring (bicyclic) bond motifs is 2. The third kappa shape index (κ3) is 4.10. The van der Waals surface area contributed by atoms with Crippen LogP contribution in [0, 0.1) is 0 Å². The average molecular weight is 436 g/mol. The number of rotatable bonds is 4. The van der Waals surface area contributed by atoms with Gasteiger partial charge in [0, 0.05) is 27.7 Å². The Hall–Kier alpha value is -3.05. The van der Waals surface area contributed by atoms with E-state index in [1.807, 2.05) is 6.07 Å². The number of nitrogens with zero attached hydrogens (tertiary/aromatic N) is 2. The highest BCUT2D eigenvalue weighted by atomic mass is 35.5. The molecular formula is C25H26ClN3O2. The lowest BCUT2D eigenvalue weighted by molar-refractivity contribution is 0.0929. The smallest absolute Gasteiger partial charge is 0.307 e. The van der Waals surface area contributed by atoms with Crippen LogP contribution in [-0.4, -0.2) is 23.7 Å². The summed E-state index contributed by atoms with van der Waals surface area (Å²) in [5.74, 6) is -0.223. The first-order chi connectivity index (χ1) is 14.7. The summed E-state index contributed by atoms with van der Waals surface area (Å²) in [4.78, 5) is 14.8. The number of nitrogens with one attached hydrogen (secondary N) is 1. The molecule has 0 radical (unpaired) electrons. The summed E-state index contributed by atoms with van der Waals surface area (Å²) in [6, 6.07) is 13.5. The Kier molecular flexibility index (Phi) is 5.40. The minimum atomic E-state index is -0.412. The van der Waals surface area contributed by atoms with Crippen molar-refractivity contribution in [3.05, 3.63) is 70.5 Å². The molecule has 3 aromatic rings. The molecule has 0 saturated heterocycles. The van der Waals surface area contributed by atoms with E-state index in [4.69, 9.17) is 16.0 Å². The molecule has 0 unspecified atom stereocenters. The summed E-state index contributed by atoms with van der Waals surface area (Å²) >= 11 is 5.99. The van der Waals surface area contributed by atoms with Gasteiger partial charge in [-0.2, -0.15) is 5.10 Å². The molecule has 0 saturated carbocycles. The lowest BCUT2D eigenvalue weighted by Gasteiger charge is -2.46. The predicted molar refractivity (Wildman–Crippen MR) is 128 cm³/mol. The Morgan fingerprint density at radius 2 is 1.97 bits per heavy atom. The molecule has 1 amide bonds. The van der Waals surface area contributed by atoms with Crippen LogP contribution >= 0.6 is 11.6 Å². The topological polar surface area (TPSA) is 57.8 Å². The van der Waals surface area contributed by atoms with Crippen molar-refractivity contribution in [2.24, 2.45) is 5.10 Å². The molecule has 6 heteroatoms. The van der Waals surface area contributed by atoms with E-state index in [1.54, 1.807) is 30.5 Å². The zero-order valence-corrected chi connectivity index (χ0v) is 19.1. The van der Waals surface area contributed by atoms with E-state index in [-0.39, 0.29) is 11.3 Å². The number of hydrogen-bond donors (Lipinski definition) is 1. The van der Waals surface area contributed by atoms with Crippen molar-refractivity contribution < 1.29 is 9.21 Å². The van der Waals surface area contributed by atoms with E-state index < -0.39 is 5.91 Å². The lowest BCUT2D eigenvalue weighted by atomic mass is 9.87. The highest BCUT2D eigenvalue weighted by Gasteiger charge is 2.32. The first kappa shape index (κ1) is 21.2. The molecular weight excluding hydrogens is 410 g/mol. The van der Waals surface area contributed by atoms with Crippen molar-refractivity contribution in [2.45, 2.75) is 46.2 Å². The summed E-state index contributed by atoms with van der Waals surface area (Å²) in [7, 11) is 0. The van der Waals surface area contributed by atoms with E-state index >= 15 is 0 Å². The van der Waals surface area contributed by atoms with Gasteiger partial charge >= 0.3 is 5.91 Å².